The molecule has 0 spiro atoms. The Hall–Kier alpha value is -1.96. The maximum absolute atomic E-state index is 12.5. The van der Waals surface area contributed by atoms with Crippen molar-refractivity contribution in [1.82, 2.24) is 25.3 Å². The van der Waals surface area contributed by atoms with Crippen LogP contribution < -0.4 is 0 Å². The van der Waals surface area contributed by atoms with Gasteiger partial charge in [-0.05, 0) is 25.2 Å². The number of hydrogen-bond acceptors (Lipinski definition) is 5. The van der Waals surface area contributed by atoms with Gasteiger partial charge in [0, 0.05) is 24.9 Å². The van der Waals surface area contributed by atoms with Gasteiger partial charge >= 0.3 is 0 Å². The van der Waals surface area contributed by atoms with Gasteiger partial charge in [-0.1, -0.05) is 28.4 Å². The van der Waals surface area contributed by atoms with Crippen molar-refractivity contribution in [1.29, 1.82) is 0 Å². The molecule has 1 aromatic carbocycles. The topological polar surface area (TPSA) is 77.9 Å². The lowest BCUT2D eigenvalue weighted by atomic mass is 10.1. The van der Waals surface area contributed by atoms with Crippen molar-refractivity contribution in [3.05, 3.63) is 45.3 Å². The summed E-state index contributed by atoms with van der Waals surface area (Å²) in [6.07, 6.45) is 0.259. The van der Waals surface area contributed by atoms with Crippen LogP contribution in [0.1, 0.15) is 17.1 Å². The van der Waals surface area contributed by atoms with E-state index in [-0.39, 0.29) is 17.2 Å². The number of aromatic hydroxyl groups is 1. The van der Waals surface area contributed by atoms with Gasteiger partial charge < -0.3 is 5.11 Å². The first-order chi connectivity index (χ1) is 12.0. The summed E-state index contributed by atoms with van der Waals surface area (Å²) in [5.41, 5.74) is 2.49. The van der Waals surface area contributed by atoms with Crippen molar-refractivity contribution in [3.8, 4) is 5.75 Å². The van der Waals surface area contributed by atoms with Crippen LogP contribution in [-0.2, 0) is 19.5 Å². The molecule has 2 heterocycles. The van der Waals surface area contributed by atoms with Crippen LogP contribution in [0.5, 0.6) is 5.75 Å². The molecule has 0 fully saturated rings. The number of halogens is 3. The first-order valence-corrected chi connectivity index (χ1v) is 8.35. The Morgan fingerprint density at radius 3 is 2.80 bits per heavy atom. The summed E-state index contributed by atoms with van der Waals surface area (Å²) in [5, 5.41) is 21.8. The number of hydrogen-bond donors (Lipinski definition) is 2. The van der Waals surface area contributed by atoms with E-state index in [1.807, 2.05) is 18.0 Å². The number of aryl methyl sites for hydroxylation is 1. The summed E-state index contributed by atoms with van der Waals surface area (Å²) >= 11 is 12.1. The first-order valence-electron chi connectivity index (χ1n) is 7.59. The van der Waals surface area contributed by atoms with E-state index in [0.717, 1.165) is 5.69 Å². The third-order valence-corrected chi connectivity index (χ3v) is 4.42. The Morgan fingerprint density at radius 1 is 1.24 bits per heavy atom. The van der Waals surface area contributed by atoms with Crippen LogP contribution in [0.25, 0.3) is 10.9 Å². The number of nitrogens with one attached hydrogen (secondary N) is 1. The van der Waals surface area contributed by atoms with Gasteiger partial charge in [0.1, 0.15) is 5.52 Å². The molecule has 0 amide bonds. The molecule has 6 nitrogen and oxygen atoms in total. The second kappa shape index (κ2) is 7.51. The molecule has 2 N–H and O–H groups in total. The molecule has 0 unspecified atom stereocenters. The Kier molecular flexibility index (Phi) is 5.36. The second-order valence-electron chi connectivity index (χ2n) is 5.74. The van der Waals surface area contributed by atoms with Crippen LogP contribution in [0.4, 0.5) is 4.39 Å². The standard InChI is InChI=1S/C16H16Cl2FN5O/c1-24(8-14-13(4-5-19)21-23-22-14)7-9-2-3-10-11(17)6-12(18)16(25)15(10)20-9/h2-3,6,25H,4-5,7-8H2,1H3,(H,21,22,23). The largest absolute Gasteiger partial charge is 0.504 e. The molecule has 0 saturated carbocycles. The average Bonchev–Trinajstić information content (AvgIpc) is 3.00. The maximum Gasteiger partial charge on any atom is 0.160 e. The highest BCUT2D eigenvalue weighted by Gasteiger charge is 2.14. The summed E-state index contributed by atoms with van der Waals surface area (Å²) in [5.74, 6) is -0.0905. The lowest BCUT2D eigenvalue weighted by molar-refractivity contribution is 0.310. The van der Waals surface area contributed by atoms with E-state index in [1.165, 1.54) is 6.07 Å². The SMILES string of the molecule is CN(Cc1ccc2c(Cl)cc(Cl)c(O)c2n1)Cc1nn[nH]c1CCF. The smallest absolute Gasteiger partial charge is 0.160 e. The predicted octanol–water partition coefficient (Wildman–Crippen LogP) is 3.51. The number of phenolic OH excluding ortho intramolecular Hbond substituents is 1. The van der Waals surface area contributed by atoms with Crippen LogP contribution in [0.2, 0.25) is 10.0 Å². The summed E-state index contributed by atoms with van der Waals surface area (Å²) in [4.78, 5) is 6.43. The maximum atomic E-state index is 12.5. The zero-order valence-electron chi connectivity index (χ0n) is 13.4. The van der Waals surface area contributed by atoms with Crippen molar-refractivity contribution in [2.75, 3.05) is 13.7 Å². The molecule has 132 valence electrons. The van der Waals surface area contributed by atoms with Crippen molar-refractivity contribution in [2.24, 2.45) is 0 Å². The Bertz CT molecular complexity index is 902. The molecule has 2 aromatic heterocycles. The number of pyridine rings is 1. The average molecular weight is 384 g/mol. The minimum absolute atomic E-state index is 0.0905. The van der Waals surface area contributed by atoms with Crippen molar-refractivity contribution < 1.29 is 9.50 Å². The zero-order chi connectivity index (χ0) is 18.0. The van der Waals surface area contributed by atoms with Gasteiger partial charge in [0.25, 0.3) is 0 Å². The van der Waals surface area contributed by atoms with Crippen molar-refractivity contribution >= 4 is 34.1 Å². The number of rotatable bonds is 6. The van der Waals surface area contributed by atoms with Crippen LogP contribution in [0, 0.1) is 0 Å². The van der Waals surface area contributed by atoms with Crippen LogP contribution in [-0.4, -0.2) is 44.1 Å². The minimum atomic E-state index is -0.465. The lowest BCUT2D eigenvalue weighted by Crippen LogP contribution is -2.19. The fourth-order valence-corrected chi connectivity index (χ4v) is 3.13. The molecule has 3 rings (SSSR count). The molecule has 0 saturated heterocycles. The van der Waals surface area contributed by atoms with Gasteiger partial charge in [0.15, 0.2) is 5.75 Å². The Labute approximate surface area is 153 Å². The van der Waals surface area contributed by atoms with E-state index < -0.39 is 6.67 Å². The molecule has 0 aliphatic carbocycles. The molecule has 25 heavy (non-hydrogen) atoms. The monoisotopic (exact) mass is 383 g/mol. The second-order valence-corrected chi connectivity index (χ2v) is 6.55. The number of nitrogens with zero attached hydrogens (tertiary/aromatic N) is 4. The molecule has 3 aromatic rings. The number of benzene rings is 1. The minimum Gasteiger partial charge on any atom is -0.504 e. The van der Waals surface area contributed by atoms with E-state index in [0.29, 0.717) is 40.4 Å². The number of phenols is 1. The zero-order valence-corrected chi connectivity index (χ0v) is 14.9. The van der Waals surface area contributed by atoms with E-state index in [9.17, 15) is 9.50 Å². The fraction of sp³-hybridized carbons (Fsp3) is 0.312. The predicted molar refractivity (Wildman–Crippen MR) is 94.7 cm³/mol. The van der Waals surface area contributed by atoms with Crippen molar-refractivity contribution in [2.45, 2.75) is 19.5 Å². The van der Waals surface area contributed by atoms with E-state index in [4.69, 9.17) is 23.2 Å². The van der Waals surface area contributed by atoms with E-state index in [2.05, 4.69) is 20.4 Å². The highest BCUT2D eigenvalue weighted by atomic mass is 35.5. The summed E-state index contributed by atoms with van der Waals surface area (Å²) in [6, 6.07) is 5.13. The van der Waals surface area contributed by atoms with Gasteiger partial charge in [-0.15, -0.1) is 5.10 Å². The molecular formula is C16H16Cl2FN5O. The summed E-state index contributed by atoms with van der Waals surface area (Å²) in [6.45, 7) is 0.531. The molecule has 0 radical (unpaired) electrons. The molecule has 9 heteroatoms. The van der Waals surface area contributed by atoms with Gasteiger partial charge in [-0.2, -0.15) is 0 Å². The quantitative estimate of drug-likeness (QED) is 0.680. The third kappa shape index (κ3) is 3.84. The molecule has 0 aliphatic heterocycles. The molecule has 0 aliphatic rings. The van der Waals surface area contributed by atoms with E-state index in [1.54, 1.807) is 6.07 Å². The normalized spacial score (nSPS) is 11.6. The summed E-state index contributed by atoms with van der Waals surface area (Å²) in [7, 11) is 1.89. The van der Waals surface area contributed by atoms with Crippen LogP contribution in [0.3, 0.4) is 0 Å². The van der Waals surface area contributed by atoms with Gasteiger partial charge in [-0.3, -0.25) is 14.4 Å². The Balaban J connectivity index is 1.80. The third-order valence-electron chi connectivity index (χ3n) is 3.81. The van der Waals surface area contributed by atoms with Gasteiger partial charge in [-0.25, -0.2) is 4.98 Å². The molecule has 0 atom stereocenters. The highest BCUT2D eigenvalue weighted by Crippen LogP contribution is 2.36. The van der Waals surface area contributed by atoms with E-state index >= 15 is 0 Å². The van der Waals surface area contributed by atoms with Gasteiger partial charge in [0.05, 0.1) is 33.8 Å². The first kappa shape index (κ1) is 17.8. The molecule has 0 bridgehead atoms. The van der Waals surface area contributed by atoms with Crippen molar-refractivity contribution in [3.63, 3.8) is 0 Å². The number of H-pyrrole nitrogens is 1. The number of fused-ring (bicyclic) bond motifs is 1. The van der Waals surface area contributed by atoms with Crippen LogP contribution >= 0.6 is 23.2 Å². The fourth-order valence-electron chi connectivity index (χ4n) is 2.61. The highest BCUT2D eigenvalue weighted by molar-refractivity contribution is 6.39. The number of aromatic amines is 1. The summed E-state index contributed by atoms with van der Waals surface area (Å²) < 4.78 is 12.5. The number of aromatic nitrogens is 4. The number of alkyl halides is 1. The lowest BCUT2D eigenvalue weighted by Gasteiger charge is -2.16. The Morgan fingerprint density at radius 2 is 2.04 bits per heavy atom. The van der Waals surface area contributed by atoms with Crippen LogP contribution in [0.15, 0.2) is 18.2 Å². The van der Waals surface area contributed by atoms with Gasteiger partial charge in [0.2, 0.25) is 0 Å². The molecular weight excluding hydrogens is 368 g/mol.